The van der Waals surface area contributed by atoms with Crippen molar-refractivity contribution >= 4 is 11.8 Å². The van der Waals surface area contributed by atoms with Gasteiger partial charge in [0.25, 0.3) is 0 Å². The summed E-state index contributed by atoms with van der Waals surface area (Å²) >= 11 is 1.90. The fourth-order valence-corrected chi connectivity index (χ4v) is 3.02. The van der Waals surface area contributed by atoms with E-state index in [1.165, 1.54) is 11.1 Å². The minimum absolute atomic E-state index is 0.830. The fraction of sp³-hybridized carbons (Fsp3) is 0.412. The lowest BCUT2D eigenvalue weighted by atomic mass is 10.1. The molecule has 0 saturated heterocycles. The molecule has 2 aromatic rings. The Balaban J connectivity index is 1.75. The van der Waals surface area contributed by atoms with Crippen LogP contribution in [0.4, 0.5) is 0 Å². The molecule has 20 heavy (non-hydrogen) atoms. The van der Waals surface area contributed by atoms with Crippen molar-refractivity contribution in [1.29, 1.82) is 0 Å². The van der Waals surface area contributed by atoms with Crippen molar-refractivity contribution in [2.24, 2.45) is 0 Å². The summed E-state index contributed by atoms with van der Waals surface area (Å²) in [6.45, 7) is 6.21. The highest BCUT2D eigenvalue weighted by atomic mass is 32.2. The molecule has 2 rings (SSSR count). The maximum absolute atomic E-state index is 5.82. The SMILES string of the molecule is CCCNCc1ccc(CSCc2ccccc2C)o1. The molecule has 108 valence electrons. The van der Waals surface area contributed by atoms with Gasteiger partial charge in [0.2, 0.25) is 0 Å². The smallest absolute Gasteiger partial charge is 0.117 e. The Morgan fingerprint density at radius 1 is 1.05 bits per heavy atom. The van der Waals surface area contributed by atoms with Crippen molar-refractivity contribution in [1.82, 2.24) is 5.32 Å². The largest absolute Gasteiger partial charge is 0.464 e. The zero-order chi connectivity index (χ0) is 14.2. The second-order valence-electron chi connectivity index (χ2n) is 4.96. The zero-order valence-corrected chi connectivity index (χ0v) is 13.1. The van der Waals surface area contributed by atoms with E-state index in [1.807, 2.05) is 11.8 Å². The van der Waals surface area contributed by atoms with Gasteiger partial charge in [0, 0.05) is 5.75 Å². The quantitative estimate of drug-likeness (QED) is 0.723. The molecule has 0 amide bonds. The third kappa shape index (κ3) is 4.73. The predicted octanol–water partition coefficient (Wildman–Crippen LogP) is 4.52. The minimum atomic E-state index is 0.830. The summed E-state index contributed by atoms with van der Waals surface area (Å²) in [6, 6.07) is 12.7. The number of thioether (sulfide) groups is 1. The first kappa shape index (κ1) is 15.2. The van der Waals surface area contributed by atoms with Crippen molar-refractivity contribution in [3.05, 3.63) is 59.0 Å². The predicted molar refractivity (Wildman–Crippen MR) is 86.9 cm³/mol. The van der Waals surface area contributed by atoms with Gasteiger partial charge in [0.1, 0.15) is 11.5 Å². The van der Waals surface area contributed by atoms with Crippen LogP contribution in [0.3, 0.4) is 0 Å². The van der Waals surface area contributed by atoms with Gasteiger partial charge in [-0.25, -0.2) is 0 Å². The highest BCUT2D eigenvalue weighted by molar-refractivity contribution is 7.97. The maximum atomic E-state index is 5.82. The molecule has 0 bridgehead atoms. The zero-order valence-electron chi connectivity index (χ0n) is 12.3. The molecule has 0 atom stereocenters. The molecule has 1 aromatic carbocycles. The first-order valence-corrected chi connectivity index (χ1v) is 8.35. The molecule has 1 aromatic heterocycles. The molecule has 0 radical (unpaired) electrons. The van der Waals surface area contributed by atoms with Crippen molar-refractivity contribution in [3.63, 3.8) is 0 Å². The van der Waals surface area contributed by atoms with Crippen molar-refractivity contribution in [2.45, 2.75) is 38.3 Å². The van der Waals surface area contributed by atoms with Crippen LogP contribution in [0.15, 0.2) is 40.8 Å². The standard InChI is InChI=1S/C17H23NOS/c1-3-10-18-11-16-8-9-17(19-16)13-20-12-15-7-5-4-6-14(15)2/h4-9,18H,3,10-13H2,1-2H3. The third-order valence-corrected chi connectivity index (χ3v) is 4.21. The Kier molecular flexibility index (Phi) is 6.22. The highest BCUT2D eigenvalue weighted by Crippen LogP contribution is 2.21. The highest BCUT2D eigenvalue weighted by Gasteiger charge is 2.03. The Bertz CT molecular complexity index is 521. The Morgan fingerprint density at radius 3 is 2.65 bits per heavy atom. The second kappa shape index (κ2) is 8.18. The molecule has 3 heteroatoms. The molecule has 2 nitrogen and oxygen atoms in total. The molecule has 0 aliphatic carbocycles. The van der Waals surface area contributed by atoms with E-state index in [2.05, 4.69) is 55.6 Å². The van der Waals surface area contributed by atoms with Gasteiger partial charge in [-0.2, -0.15) is 0 Å². The van der Waals surface area contributed by atoms with Crippen molar-refractivity contribution < 1.29 is 4.42 Å². The first-order valence-electron chi connectivity index (χ1n) is 7.20. The van der Waals surface area contributed by atoms with Gasteiger partial charge in [-0.1, -0.05) is 31.2 Å². The average Bonchev–Trinajstić information content (AvgIpc) is 2.89. The lowest BCUT2D eigenvalue weighted by Gasteiger charge is -2.04. The average molecular weight is 289 g/mol. The molecule has 1 heterocycles. The fourth-order valence-electron chi connectivity index (χ4n) is 2.02. The normalized spacial score (nSPS) is 10.9. The lowest BCUT2D eigenvalue weighted by molar-refractivity contribution is 0.459. The van der Waals surface area contributed by atoms with Crippen LogP contribution in [-0.4, -0.2) is 6.54 Å². The summed E-state index contributed by atoms with van der Waals surface area (Å²) < 4.78 is 5.82. The monoisotopic (exact) mass is 289 g/mol. The summed E-state index contributed by atoms with van der Waals surface area (Å²) in [7, 11) is 0. The number of furan rings is 1. The molecule has 0 aliphatic heterocycles. The lowest BCUT2D eigenvalue weighted by Crippen LogP contribution is -2.12. The van der Waals surface area contributed by atoms with Crippen LogP contribution < -0.4 is 5.32 Å². The van der Waals surface area contributed by atoms with E-state index in [1.54, 1.807) is 0 Å². The van der Waals surface area contributed by atoms with Crippen molar-refractivity contribution in [2.75, 3.05) is 6.54 Å². The number of benzene rings is 1. The van der Waals surface area contributed by atoms with Crippen LogP contribution >= 0.6 is 11.8 Å². The molecule has 0 unspecified atom stereocenters. The number of hydrogen-bond acceptors (Lipinski definition) is 3. The Labute approximate surface area is 126 Å². The molecular formula is C17H23NOS. The summed E-state index contributed by atoms with van der Waals surface area (Å²) in [5, 5.41) is 3.35. The van der Waals surface area contributed by atoms with E-state index < -0.39 is 0 Å². The number of rotatable bonds is 8. The number of hydrogen-bond donors (Lipinski definition) is 1. The Hall–Kier alpha value is -1.19. The van der Waals surface area contributed by atoms with Gasteiger partial charge in [0.05, 0.1) is 12.3 Å². The number of nitrogens with one attached hydrogen (secondary N) is 1. The van der Waals surface area contributed by atoms with Gasteiger partial charge in [0.15, 0.2) is 0 Å². The van der Waals surface area contributed by atoms with Crippen LogP contribution in [0.5, 0.6) is 0 Å². The van der Waals surface area contributed by atoms with Crippen LogP contribution in [-0.2, 0) is 18.1 Å². The summed E-state index contributed by atoms with van der Waals surface area (Å²) in [4.78, 5) is 0. The van der Waals surface area contributed by atoms with E-state index in [0.717, 1.165) is 42.5 Å². The van der Waals surface area contributed by atoms with E-state index in [-0.39, 0.29) is 0 Å². The summed E-state index contributed by atoms with van der Waals surface area (Å²) in [5.41, 5.74) is 2.78. The van der Waals surface area contributed by atoms with E-state index in [4.69, 9.17) is 4.42 Å². The van der Waals surface area contributed by atoms with Gasteiger partial charge in [-0.05, 0) is 43.1 Å². The van der Waals surface area contributed by atoms with Gasteiger partial charge >= 0.3 is 0 Å². The second-order valence-corrected chi connectivity index (χ2v) is 5.95. The van der Waals surface area contributed by atoms with Crippen LogP contribution in [0.25, 0.3) is 0 Å². The Morgan fingerprint density at radius 2 is 1.85 bits per heavy atom. The summed E-state index contributed by atoms with van der Waals surface area (Å²) in [5.74, 6) is 4.07. The molecule has 0 aliphatic rings. The maximum Gasteiger partial charge on any atom is 0.117 e. The molecule has 0 saturated carbocycles. The van der Waals surface area contributed by atoms with Crippen LogP contribution in [0, 0.1) is 6.92 Å². The van der Waals surface area contributed by atoms with Crippen LogP contribution in [0.2, 0.25) is 0 Å². The third-order valence-electron chi connectivity index (χ3n) is 3.21. The van der Waals surface area contributed by atoms with E-state index in [9.17, 15) is 0 Å². The first-order chi connectivity index (χ1) is 9.79. The molecule has 1 N–H and O–H groups in total. The van der Waals surface area contributed by atoms with Gasteiger partial charge < -0.3 is 9.73 Å². The topological polar surface area (TPSA) is 25.2 Å². The van der Waals surface area contributed by atoms with Crippen molar-refractivity contribution in [3.8, 4) is 0 Å². The minimum Gasteiger partial charge on any atom is -0.464 e. The van der Waals surface area contributed by atoms with Gasteiger partial charge in [-0.3, -0.25) is 0 Å². The van der Waals surface area contributed by atoms with E-state index >= 15 is 0 Å². The number of aryl methyl sites for hydroxylation is 1. The van der Waals surface area contributed by atoms with Crippen LogP contribution in [0.1, 0.15) is 36.0 Å². The van der Waals surface area contributed by atoms with E-state index in [0.29, 0.717) is 0 Å². The molecule has 0 fully saturated rings. The van der Waals surface area contributed by atoms with Gasteiger partial charge in [-0.15, -0.1) is 11.8 Å². The summed E-state index contributed by atoms with van der Waals surface area (Å²) in [6.07, 6.45) is 1.15. The molecular weight excluding hydrogens is 266 g/mol. The molecule has 0 spiro atoms.